The first-order chi connectivity index (χ1) is 17.5. The minimum absolute atomic E-state index is 0.148. The van der Waals surface area contributed by atoms with Crippen LogP contribution in [0.5, 0.6) is 0 Å². The summed E-state index contributed by atoms with van der Waals surface area (Å²) in [5.41, 5.74) is 5.11. The van der Waals surface area contributed by atoms with E-state index < -0.39 is 12.1 Å². The maximum atomic E-state index is 14.2. The molecule has 3 N–H and O–H groups in total. The Balaban J connectivity index is 1.58. The molecule has 37 heavy (non-hydrogen) atoms. The highest BCUT2D eigenvalue weighted by atomic mass is 19.1. The number of nitrogens with one attached hydrogen (secondary N) is 1. The Morgan fingerprint density at radius 3 is 2.49 bits per heavy atom. The van der Waals surface area contributed by atoms with Crippen LogP contribution in [0.15, 0.2) is 60.7 Å². The second-order valence-corrected chi connectivity index (χ2v) is 10.3. The van der Waals surface area contributed by atoms with Crippen molar-refractivity contribution in [1.29, 1.82) is 0 Å². The molecular formula is C31H38FNO4. The first-order valence-electron chi connectivity index (χ1n) is 12.8. The summed E-state index contributed by atoms with van der Waals surface area (Å²) in [5, 5.41) is 23.3. The Morgan fingerprint density at radius 2 is 1.84 bits per heavy atom. The van der Waals surface area contributed by atoms with Gasteiger partial charge < -0.3 is 20.3 Å². The summed E-state index contributed by atoms with van der Waals surface area (Å²) in [7, 11) is 0. The number of aliphatic hydroxyl groups excluding tert-OH is 1. The van der Waals surface area contributed by atoms with Crippen LogP contribution in [-0.2, 0) is 17.6 Å². The Bertz CT molecular complexity index is 1220. The van der Waals surface area contributed by atoms with E-state index in [0.717, 1.165) is 22.3 Å². The fraction of sp³-hybridized carbons (Fsp3) is 0.387. The van der Waals surface area contributed by atoms with Gasteiger partial charge in [0.05, 0.1) is 24.4 Å². The summed E-state index contributed by atoms with van der Waals surface area (Å²) in [5.74, 6) is -1.12. The van der Waals surface area contributed by atoms with E-state index in [-0.39, 0.29) is 29.6 Å². The number of aliphatic hydroxyl groups is 1. The summed E-state index contributed by atoms with van der Waals surface area (Å²) in [4.78, 5) is 11.4. The topological polar surface area (TPSA) is 78.8 Å². The van der Waals surface area contributed by atoms with Gasteiger partial charge in [-0.05, 0) is 86.1 Å². The molecular weight excluding hydrogens is 469 g/mol. The second kappa shape index (κ2) is 12.5. The van der Waals surface area contributed by atoms with Gasteiger partial charge in [-0.15, -0.1) is 0 Å². The Morgan fingerprint density at radius 1 is 1.11 bits per heavy atom. The Kier molecular flexibility index (Phi) is 9.60. The van der Waals surface area contributed by atoms with Crippen LogP contribution in [0.25, 0.3) is 11.1 Å². The summed E-state index contributed by atoms with van der Waals surface area (Å²) in [6.07, 6.45) is 0.300. The van der Waals surface area contributed by atoms with Gasteiger partial charge in [-0.1, -0.05) is 55.5 Å². The van der Waals surface area contributed by atoms with E-state index >= 15 is 0 Å². The number of carboxylic acids is 1. The maximum absolute atomic E-state index is 14.2. The van der Waals surface area contributed by atoms with Gasteiger partial charge in [0, 0.05) is 12.1 Å². The van der Waals surface area contributed by atoms with Crippen LogP contribution in [0.1, 0.15) is 66.4 Å². The van der Waals surface area contributed by atoms with E-state index in [0.29, 0.717) is 30.5 Å². The molecule has 0 radical (unpaired) electrons. The zero-order valence-electron chi connectivity index (χ0n) is 22.3. The van der Waals surface area contributed by atoms with Gasteiger partial charge >= 0.3 is 5.97 Å². The van der Waals surface area contributed by atoms with E-state index in [4.69, 9.17) is 4.74 Å². The molecule has 0 amide bonds. The third kappa shape index (κ3) is 7.71. The SMILES string of the molecule is CCc1ccc(CC(C)(C)NCC(O)COC(C)c2ccccc2-c2ccc(C(=O)O)c(C)c2)cc1F. The minimum Gasteiger partial charge on any atom is -0.478 e. The van der Waals surface area contributed by atoms with Gasteiger partial charge in [0.25, 0.3) is 0 Å². The number of halogens is 1. The summed E-state index contributed by atoms with van der Waals surface area (Å²) in [6, 6.07) is 18.5. The fourth-order valence-electron chi connectivity index (χ4n) is 4.54. The van der Waals surface area contributed by atoms with Crippen LogP contribution in [0.2, 0.25) is 0 Å². The first-order valence-corrected chi connectivity index (χ1v) is 12.8. The molecule has 3 aromatic carbocycles. The fourth-order valence-corrected chi connectivity index (χ4v) is 4.54. The van der Waals surface area contributed by atoms with Gasteiger partial charge in [0.2, 0.25) is 0 Å². The number of benzene rings is 3. The first kappa shape index (κ1) is 28.5. The molecule has 0 aromatic heterocycles. The van der Waals surface area contributed by atoms with Gasteiger partial charge in [-0.25, -0.2) is 9.18 Å². The highest BCUT2D eigenvalue weighted by molar-refractivity contribution is 5.90. The standard InChI is InChI=1S/C31H38FNO4/c1-6-23-12-11-22(16-29(23)32)17-31(4,5)33-18-25(34)19-37-21(3)27-9-7-8-10-28(27)24-13-14-26(30(35)36)20(2)15-24/h7-16,21,25,33-34H,6,17-19H2,1-5H3,(H,35,36). The van der Waals surface area contributed by atoms with Crippen LogP contribution < -0.4 is 5.32 Å². The molecule has 6 heteroatoms. The predicted octanol–water partition coefficient (Wildman–Crippen LogP) is 6.11. The van der Waals surface area contributed by atoms with Gasteiger partial charge in [0.15, 0.2) is 0 Å². The Hall–Kier alpha value is -3.06. The molecule has 0 aliphatic heterocycles. The van der Waals surface area contributed by atoms with Crippen molar-refractivity contribution in [1.82, 2.24) is 5.32 Å². The van der Waals surface area contributed by atoms with Crippen LogP contribution in [0, 0.1) is 12.7 Å². The van der Waals surface area contributed by atoms with Crippen molar-refractivity contribution < 1.29 is 24.1 Å². The average Bonchev–Trinajstić information content (AvgIpc) is 2.85. The molecule has 0 aliphatic rings. The molecule has 0 spiro atoms. The predicted molar refractivity (Wildman–Crippen MR) is 146 cm³/mol. The lowest BCUT2D eigenvalue weighted by Crippen LogP contribution is -2.46. The normalized spacial score (nSPS) is 13.4. The summed E-state index contributed by atoms with van der Waals surface area (Å²) >= 11 is 0. The van der Waals surface area contributed by atoms with Gasteiger partial charge in [0.1, 0.15) is 5.82 Å². The molecule has 0 bridgehead atoms. The lowest BCUT2D eigenvalue weighted by Gasteiger charge is -2.28. The molecule has 0 fully saturated rings. The highest BCUT2D eigenvalue weighted by Crippen LogP contribution is 2.31. The summed E-state index contributed by atoms with van der Waals surface area (Å²) in [6.45, 7) is 10.2. The molecule has 0 saturated carbocycles. The van der Waals surface area contributed by atoms with E-state index in [1.807, 2.05) is 76.2 Å². The molecule has 198 valence electrons. The van der Waals surface area contributed by atoms with Crippen molar-refractivity contribution >= 4 is 5.97 Å². The molecule has 0 aliphatic carbocycles. The number of carbonyl (C=O) groups is 1. The lowest BCUT2D eigenvalue weighted by atomic mass is 9.93. The maximum Gasteiger partial charge on any atom is 0.335 e. The van der Waals surface area contributed by atoms with Crippen LogP contribution in [-0.4, -0.2) is 41.0 Å². The zero-order chi connectivity index (χ0) is 27.2. The van der Waals surface area contributed by atoms with E-state index in [2.05, 4.69) is 5.32 Å². The monoisotopic (exact) mass is 507 g/mol. The van der Waals surface area contributed by atoms with Crippen molar-refractivity contribution in [3.63, 3.8) is 0 Å². The van der Waals surface area contributed by atoms with E-state index in [1.165, 1.54) is 0 Å². The van der Waals surface area contributed by atoms with Crippen LogP contribution in [0.3, 0.4) is 0 Å². The summed E-state index contributed by atoms with van der Waals surface area (Å²) < 4.78 is 20.2. The third-order valence-corrected chi connectivity index (χ3v) is 6.67. The van der Waals surface area contributed by atoms with E-state index in [1.54, 1.807) is 19.1 Å². The zero-order valence-corrected chi connectivity index (χ0v) is 22.3. The highest BCUT2D eigenvalue weighted by Gasteiger charge is 2.21. The van der Waals surface area contributed by atoms with Crippen LogP contribution in [0.4, 0.5) is 4.39 Å². The molecule has 2 atom stereocenters. The van der Waals surface area contributed by atoms with Crippen LogP contribution >= 0.6 is 0 Å². The lowest BCUT2D eigenvalue weighted by molar-refractivity contribution is -0.00397. The number of aromatic carboxylic acids is 1. The molecule has 0 saturated heterocycles. The minimum atomic E-state index is -0.943. The second-order valence-electron chi connectivity index (χ2n) is 10.3. The van der Waals surface area contributed by atoms with Gasteiger partial charge in [-0.2, -0.15) is 0 Å². The smallest absolute Gasteiger partial charge is 0.335 e. The number of β-amino-alcohol motifs (C(OH)–C–C–N with tert-alkyl or cyclic N) is 1. The van der Waals surface area contributed by atoms with Crippen molar-refractivity contribution in [2.24, 2.45) is 0 Å². The van der Waals surface area contributed by atoms with Crippen molar-refractivity contribution in [3.8, 4) is 11.1 Å². The quantitative estimate of drug-likeness (QED) is 0.276. The number of carboxylic acid groups (broad SMARTS) is 1. The van der Waals surface area contributed by atoms with Crippen molar-refractivity contribution in [2.75, 3.05) is 13.2 Å². The molecule has 5 nitrogen and oxygen atoms in total. The van der Waals surface area contributed by atoms with Crippen molar-refractivity contribution in [2.45, 2.75) is 65.2 Å². The molecule has 3 aromatic rings. The third-order valence-electron chi connectivity index (χ3n) is 6.67. The van der Waals surface area contributed by atoms with E-state index in [9.17, 15) is 19.4 Å². The molecule has 2 unspecified atom stereocenters. The number of hydrogen-bond acceptors (Lipinski definition) is 4. The molecule has 3 rings (SSSR count). The Labute approximate surface area is 219 Å². The number of rotatable bonds is 12. The molecule has 0 heterocycles. The van der Waals surface area contributed by atoms with Gasteiger partial charge in [-0.3, -0.25) is 0 Å². The number of hydrogen-bond donors (Lipinski definition) is 3. The largest absolute Gasteiger partial charge is 0.478 e. The average molecular weight is 508 g/mol. The van der Waals surface area contributed by atoms with Crippen molar-refractivity contribution in [3.05, 3.63) is 94.3 Å². The number of aryl methyl sites for hydroxylation is 2. The number of ether oxygens (including phenoxy) is 1.